The van der Waals surface area contributed by atoms with Crippen molar-refractivity contribution in [3.63, 3.8) is 0 Å². The molecule has 0 amide bonds. The molecule has 0 saturated heterocycles. The van der Waals surface area contributed by atoms with Crippen LogP contribution in [-0.2, 0) is 0 Å². The number of hydrogen-bond acceptors (Lipinski definition) is 4. The molecule has 0 fully saturated rings. The largest absolute Gasteiger partial charge is 0.494 e. The van der Waals surface area contributed by atoms with Gasteiger partial charge in [-0.15, -0.1) is 11.8 Å². The van der Waals surface area contributed by atoms with Crippen molar-refractivity contribution < 1.29 is 14.4 Å². The van der Waals surface area contributed by atoms with Gasteiger partial charge in [-0.1, -0.05) is 35.4 Å². The average molecular weight is 328 g/mol. The first kappa shape index (κ1) is 17.7. The van der Waals surface area contributed by atoms with Crippen molar-refractivity contribution in [1.82, 2.24) is 0 Å². The Morgan fingerprint density at radius 1 is 0.917 bits per heavy atom. The maximum Gasteiger partial charge on any atom is 0.119 e. The van der Waals surface area contributed by atoms with Gasteiger partial charge in [0.2, 0.25) is 0 Å². The van der Waals surface area contributed by atoms with E-state index in [0.29, 0.717) is 13.2 Å². The fourth-order valence-corrected chi connectivity index (χ4v) is 2.63. The van der Waals surface area contributed by atoms with Gasteiger partial charge in [-0.3, -0.25) is 10.1 Å². The standard InChI is InChI=1S/C19H22NO4/c1-4-23-17-10-6-15(7-11-17)19(14(3)20(21)22)16-8-12-18(13-9-16)24-5-2/h6-13,19H,4-5H2,1-3H3/q-1. The third-order valence-electron chi connectivity index (χ3n) is 3.75. The van der Waals surface area contributed by atoms with Crippen LogP contribution in [0.4, 0.5) is 0 Å². The van der Waals surface area contributed by atoms with Gasteiger partial charge in [0.1, 0.15) is 11.5 Å². The molecule has 128 valence electrons. The van der Waals surface area contributed by atoms with Gasteiger partial charge in [0, 0.05) is 0 Å². The molecule has 0 atom stereocenters. The van der Waals surface area contributed by atoms with Crippen LogP contribution >= 0.6 is 0 Å². The number of benzene rings is 2. The van der Waals surface area contributed by atoms with Crippen LogP contribution in [0.2, 0.25) is 0 Å². The first-order valence-electron chi connectivity index (χ1n) is 8.00. The van der Waals surface area contributed by atoms with E-state index in [1.54, 1.807) is 6.92 Å². The molecule has 0 aliphatic rings. The Bertz CT molecular complexity index is 603. The van der Waals surface area contributed by atoms with Crippen molar-refractivity contribution in [2.75, 3.05) is 13.2 Å². The van der Waals surface area contributed by atoms with Crippen LogP contribution < -0.4 is 9.47 Å². The van der Waals surface area contributed by atoms with Gasteiger partial charge in [-0.25, -0.2) is 0 Å². The van der Waals surface area contributed by atoms with E-state index in [-0.39, 0.29) is 11.0 Å². The van der Waals surface area contributed by atoms with Gasteiger partial charge in [0.15, 0.2) is 0 Å². The lowest BCUT2D eigenvalue weighted by molar-refractivity contribution is -0.467. The molecule has 24 heavy (non-hydrogen) atoms. The van der Waals surface area contributed by atoms with Gasteiger partial charge in [-0.05, 0) is 50.1 Å². The van der Waals surface area contributed by atoms with Crippen molar-refractivity contribution in [1.29, 1.82) is 0 Å². The van der Waals surface area contributed by atoms with Crippen LogP contribution in [0.3, 0.4) is 0 Å². The predicted molar refractivity (Wildman–Crippen MR) is 93.0 cm³/mol. The minimum absolute atomic E-state index is 0.184. The van der Waals surface area contributed by atoms with E-state index in [0.717, 1.165) is 22.6 Å². The number of nitro groups is 1. The van der Waals surface area contributed by atoms with Crippen LogP contribution in [-0.4, -0.2) is 18.1 Å². The number of hydrogen-bond donors (Lipinski definition) is 0. The lowest BCUT2D eigenvalue weighted by Gasteiger charge is -2.29. The second-order valence-corrected chi connectivity index (χ2v) is 5.34. The summed E-state index contributed by atoms with van der Waals surface area (Å²) in [5.41, 5.74) is 1.72. The summed E-state index contributed by atoms with van der Waals surface area (Å²) < 4.78 is 10.9. The highest BCUT2D eigenvalue weighted by Crippen LogP contribution is 2.35. The van der Waals surface area contributed by atoms with Crippen molar-refractivity contribution in [2.24, 2.45) is 0 Å². The van der Waals surface area contributed by atoms with Gasteiger partial charge < -0.3 is 9.47 Å². The fraction of sp³-hybridized carbons (Fsp3) is 0.316. The summed E-state index contributed by atoms with van der Waals surface area (Å²) in [5.74, 6) is 1.10. The molecular weight excluding hydrogens is 306 g/mol. The minimum atomic E-state index is -0.411. The van der Waals surface area contributed by atoms with Gasteiger partial charge in [0.05, 0.1) is 13.2 Å². The zero-order valence-corrected chi connectivity index (χ0v) is 14.2. The number of ether oxygens (including phenoxy) is 2. The lowest BCUT2D eigenvalue weighted by Crippen LogP contribution is -2.17. The Morgan fingerprint density at radius 2 is 1.29 bits per heavy atom. The first-order chi connectivity index (χ1) is 11.6. The van der Waals surface area contributed by atoms with E-state index in [1.165, 1.54) is 0 Å². The van der Waals surface area contributed by atoms with Crippen molar-refractivity contribution in [3.05, 3.63) is 75.8 Å². The maximum atomic E-state index is 11.3. The minimum Gasteiger partial charge on any atom is -0.494 e. The Hall–Kier alpha value is -2.69. The molecule has 2 rings (SSSR count). The van der Waals surface area contributed by atoms with E-state index >= 15 is 0 Å². The molecule has 2 aromatic carbocycles. The molecule has 0 saturated carbocycles. The van der Waals surface area contributed by atoms with Crippen molar-refractivity contribution >= 4 is 0 Å². The third kappa shape index (κ3) is 4.19. The summed E-state index contributed by atoms with van der Waals surface area (Å²) in [6.45, 7) is 6.56. The zero-order valence-electron chi connectivity index (χ0n) is 14.2. The van der Waals surface area contributed by atoms with Crippen LogP contribution in [0.15, 0.2) is 48.5 Å². The predicted octanol–water partition coefficient (Wildman–Crippen LogP) is 4.44. The third-order valence-corrected chi connectivity index (χ3v) is 3.75. The molecule has 0 heterocycles. The molecule has 2 aromatic rings. The summed E-state index contributed by atoms with van der Waals surface area (Å²) in [7, 11) is 0. The second-order valence-electron chi connectivity index (χ2n) is 5.34. The SMILES string of the molecule is CCOc1ccc(C(c2ccc(OCC)cc2)[C-](C)[N+](=O)[O-])cc1. The van der Waals surface area contributed by atoms with E-state index < -0.39 is 5.92 Å². The highest BCUT2D eigenvalue weighted by Gasteiger charge is 2.18. The Kier molecular flexibility index (Phi) is 6.07. The normalized spacial score (nSPS) is 10.5. The van der Waals surface area contributed by atoms with Crippen LogP contribution in [0.1, 0.15) is 37.8 Å². The van der Waals surface area contributed by atoms with Gasteiger partial charge >= 0.3 is 0 Å². The molecule has 0 N–H and O–H groups in total. The Morgan fingerprint density at radius 3 is 1.58 bits per heavy atom. The Balaban J connectivity index is 2.35. The van der Waals surface area contributed by atoms with Crippen molar-refractivity contribution in [3.8, 4) is 11.5 Å². The average Bonchev–Trinajstić information content (AvgIpc) is 2.58. The topological polar surface area (TPSA) is 61.6 Å². The van der Waals surface area contributed by atoms with E-state index in [2.05, 4.69) is 0 Å². The molecular formula is C19H22NO4-. The first-order valence-corrected chi connectivity index (χ1v) is 8.00. The van der Waals surface area contributed by atoms with Crippen molar-refractivity contribution in [2.45, 2.75) is 26.7 Å². The summed E-state index contributed by atoms with van der Waals surface area (Å²) in [5, 5.41) is 11.3. The molecule has 0 radical (unpaired) electrons. The van der Waals surface area contributed by atoms with E-state index in [4.69, 9.17) is 9.47 Å². The second kappa shape index (κ2) is 8.24. The van der Waals surface area contributed by atoms with Gasteiger partial charge in [0.25, 0.3) is 0 Å². The quantitative estimate of drug-likeness (QED) is 0.408. The lowest BCUT2D eigenvalue weighted by atomic mass is 9.86. The fourth-order valence-electron chi connectivity index (χ4n) is 2.63. The van der Waals surface area contributed by atoms with E-state index in [9.17, 15) is 10.1 Å². The maximum absolute atomic E-state index is 11.3. The van der Waals surface area contributed by atoms with Crippen LogP contribution in [0, 0.1) is 16.2 Å². The highest BCUT2D eigenvalue weighted by atomic mass is 16.6. The van der Waals surface area contributed by atoms with Crippen LogP contribution in [0.25, 0.3) is 0 Å². The molecule has 0 unspecified atom stereocenters. The summed E-state index contributed by atoms with van der Waals surface area (Å²) in [6.07, 6.45) is 0. The number of nitrogens with zero attached hydrogens (tertiary/aromatic N) is 1. The molecule has 0 aromatic heterocycles. The number of rotatable bonds is 8. The van der Waals surface area contributed by atoms with E-state index in [1.807, 2.05) is 62.4 Å². The van der Waals surface area contributed by atoms with Crippen LogP contribution in [0.5, 0.6) is 11.5 Å². The monoisotopic (exact) mass is 328 g/mol. The molecule has 0 aliphatic carbocycles. The molecule has 5 nitrogen and oxygen atoms in total. The smallest absolute Gasteiger partial charge is 0.119 e. The zero-order chi connectivity index (χ0) is 17.5. The molecule has 0 bridgehead atoms. The molecule has 0 spiro atoms. The summed E-state index contributed by atoms with van der Waals surface area (Å²) >= 11 is 0. The molecule has 5 heteroatoms. The van der Waals surface area contributed by atoms with Gasteiger partial charge in [-0.2, -0.15) is 0 Å². The summed E-state index contributed by atoms with van der Waals surface area (Å²) in [6, 6.07) is 15.0. The molecule has 0 aliphatic heterocycles. The summed E-state index contributed by atoms with van der Waals surface area (Å²) in [4.78, 5) is 11.0. The Labute approximate surface area is 142 Å². The highest BCUT2D eigenvalue weighted by molar-refractivity contribution is 5.41.